The maximum absolute atomic E-state index is 14.2. The molecule has 2 heterocycles. The Morgan fingerprint density at radius 1 is 1.03 bits per heavy atom. The van der Waals surface area contributed by atoms with Gasteiger partial charge in [-0.05, 0) is 30.2 Å². The van der Waals surface area contributed by atoms with E-state index in [1.165, 1.54) is 12.1 Å². The lowest BCUT2D eigenvalue weighted by Gasteiger charge is -2.24. The molecule has 0 aliphatic carbocycles. The quantitative estimate of drug-likeness (QED) is 0.555. The van der Waals surface area contributed by atoms with Crippen LogP contribution in [0.4, 0.5) is 14.6 Å². The van der Waals surface area contributed by atoms with Crippen LogP contribution in [0.1, 0.15) is 16.7 Å². The number of aromatic nitrogens is 3. The van der Waals surface area contributed by atoms with E-state index in [4.69, 9.17) is 0 Å². The number of nitrogens with one attached hydrogen (secondary N) is 1. The van der Waals surface area contributed by atoms with Crippen LogP contribution in [0.2, 0.25) is 0 Å². The zero-order chi connectivity index (χ0) is 20.4. The van der Waals surface area contributed by atoms with Crippen molar-refractivity contribution in [3.05, 3.63) is 99.7 Å². The summed E-state index contributed by atoms with van der Waals surface area (Å²) in [5.41, 5.74) is 2.14. The molecule has 1 N–H and O–H groups in total. The SMILES string of the molecule is Cc1ccc(CN(Cc2cc(=O)[nH]c3c(F)c(F)ccc23)c2cnccn2)cc1. The van der Waals surface area contributed by atoms with Crippen LogP contribution in [-0.4, -0.2) is 15.0 Å². The van der Waals surface area contributed by atoms with Gasteiger partial charge in [0.1, 0.15) is 5.82 Å². The first-order valence-corrected chi connectivity index (χ1v) is 9.07. The van der Waals surface area contributed by atoms with Gasteiger partial charge in [-0.15, -0.1) is 0 Å². The highest BCUT2D eigenvalue weighted by Crippen LogP contribution is 2.24. The van der Waals surface area contributed by atoms with Gasteiger partial charge >= 0.3 is 0 Å². The molecule has 0 amide bonds. The third kappa shape index (κ3) is 3.99. The molecule has 0 unspecified atom stereocenters. The van der Waals surface area contributed by atoms with Crippen LogP contribution in [0.5, 0.6) is 0 Å². The zero-order valence-corrected chi connectivity index (χ0v) is 15.7. The first-order chi connectivity index (χ1) is 14.0. The van der Waals surface area contributed by atoms with E-state index < -0.39 is 17.2 Å². The first kappa shape index (κ1) is 18.7. The number of hydrogen-bond donors (Lipinski definition) is 1. The molecule has 0 atom stereocenters. The number of halogens is 2. The highest BCUT2D eigenvalue weighted by Gasteiger charge is 2.16. The first-order valence-electron chi connectivity index (χ1n) is 9.07. The number of fused-ring (bicyclic) bond motifs is 1. The van der Waals surface area contributed by atoms with Gasteiger partial charge in [-0.25, -0.2) is 13.8 Å². The molecule has 0 spiro atoms. The number of pyridine rings is 1. The Hall–Kier alpha value is -3.61. The summed E-state index contributed by atoms with van der Waals surface area (Å²) in [5, 5.41) is 0.446. The standard InChI is InChI=1S/C22H18F2N4O/c1-14-2-4-15(5-3-14)12-28(19-11-25-8-9-26-19)13-16-10-20(29)27-22-17(16)6-7-18(23)21(22)24/h2-11H,12-13H2,1H3,(H,27,29). The zero-order valence-electron chi connectivity index (χ0n) is 15.7. The van der Waals surface area contributed by atoms with Crippen LogP contribution in [0.15, 0.2) is 65.8 Å². The fourth-order valence-corrected chi connectivity index (χ4v) is 3.26. The highest BCUT2D eigenvalue weighted by atomic mass is 19.2. The summed E-state index contributed by atoms with van der Waals surface area (Å²) < 4.78 is 27.9. The molecule has 2 aromatic heterocycles. The number of nitrogens with zero attached hydrogens (tertiary/aromatic N) is 3. The molecule has 0 fully saturated rings. The molecule has 0 bridgehead atoms. The van der Waals surface area contributed by atoms with E-state index in [1.54, 1.807) is 18.6 Å². The third-order valence-electron chi connectivity index (χ3n) is 4.72. The molecule has 7 heteroatoms. The van der Waals surface area contributed by atoms with E-state index in [2.05, 4.69) is 15.0 Å². The van der Waals surface area contributed by atoms with Gasteiger partial charge in [0.05, 0.1) is 11.7 Å². The van der Waals surface area contributed by atoms with Gasteiger partial charge in [0.15, 0.2) is 11.6 Å². The summed E-state index contributed by atoms with van der Waals surface area (Å²) >= 11 is 0. The Balaban J connectivity index is 1.77. The number of H-pyrrole nitrogens is 1. The van der Waals surface area contributed by atoms with E-state index in [-0.39, 0.29) is 12.1 Å². The van der Waals surface area contributed by atoms with Gasteiger partial charge in [-0.2, -0.15) is 0 Å². The van der Waals surface area contributed by atoms with E-state index >= 15 is 0 Å². The van der Waals surface area contributed by atoms with Crippen LogP contribution >= 0.6 is 0 Å². The van der Waals surface area contributed by atoms with Crippen molar-refractivity contribution in [2.45, 2.75) is 20.0 Å². The molecular formula is C22H18F2N4O. The van der Waals surface area contributed by atoms with Crippen LogP contribution in [0, 0.1) is 18.6 Å². The molecule has 0 radical (unpaired) electrons. The van der Waals surface area contributed by atoms with Crippen molar-refractivity contribution in [1.29, 1.82) is 0 Å². The Morgan fingerprint density at radius 2 is 1.83 bits per heavy atom. The normalized spacial score (nSPS) is 11.0. The Morgan fingerprint density at radius 3 is 2.55 bits per heavy atom. The summed E-state index contributed by atoms with van der Waals surface area (Å²) in [6.45, 7) is 2.80. The lowest BCUT2D eigenvalue weighted by molar-refractivity contribution is 0.515. The molecule has 2 aromatic carbocycles. The Labute approximate surface area is 165 Å². The molecule has 5 nitrogen and oxygen atoms in total. The average Bonchev–Trinajstić information content (AvgIpc) is 2.73. The number of hydrogen-bond acceptors (Lipinski definition) is 4. The minimum atomic E-state index is -1.06. The Kier molecular flexibility index (Phi) is 5.03. The second-order valence-electron chi connectivity index (χ2n) is 6.85. The summed E-state index contributed by atoms with van der Waals surface area (Å²) in [6.07, 6.45) is 4.79. The smallest absolute Gasteiger partial charge is 0.248 e. The predicted molar refractivity (Wildman–Crippen MR) is 108 cm³/mol. The van der Waals surface area contributed by atoms with Crippen molar-refractivity contribution < 1.29 is 8.78 Å². The van der Waals surface area contributed by atoms with Crippen molar-refractivity contribution in [2.75, 3.05) is 4.90 Å². The van der Waals surface area contributed by atoms with Gasteiger partial charge in [-0.1, -0.05) is 29.8 Å². The van der Waals surface area contributed by atoms with Crippen LogP contribution in [0.3, 0.4) is 0 Å². The number of anilines is 1. The minimum Gasteiger partial charge on any atom is -0.347 e. The van der Waals surface area contributed by atoms with Crippen molar-refractivity contribution in [2.24, 2.45) is 0 Å². The van der Waals surface area contributed by atoms with Crippen molar-refractivity contribution in [3.63, 3.8) is 0 Å². The summed E-state index contributed by atoms with van der Waals surface area (Å²) in [5.74, 6) is -1.45. The van der Waals surface area contributed by atoms with Gasteiger partial charge in [0.25, 0.3) is 0 Å². The van der Waals surface area contributed by atoms with Crippen LogP contribution in [-0.2, 0) is 13.1 Å². The molecule has 0 aliphatic heterocycles. The van der Waals surface area contributed by atoms with Gasteiger partial charge < -0.3 is 9.88 Å². The molecule has 0 saturated heterocycles. The predicted octanol–water partition coefficient (Wildman–Crippen LogP) is 4.11. The molecular weight excluding hydrogens is 374 g/mol. The fraction of sp³-hybridized carbons (Fsp3) is 0.136. The van der Waals surface area contributed by atoms with Crippen molar-refractivity contribution in [3.8, 4) is 0 Å². The number of benzene rings is 2. The van der Waals surface area contributed by atoms with Crippen molar-refractivity contribution >= 4 is 16.7 Å². The van der Waals surface area contributed by atoms with Gasteiger partial charge in [0, 0.05) is 36.9 Å². The van der Waals surface area contributed by atoms with Crippen LogP contribution in [0.25, 0.3) is 10.9 Å². The van der Waals surface area contributed by atoms with E-state index in [9.17, 15) is 13.6 Å². The van der Waals surface area contributed by atoms with E-state index in [0.717, 1.165) is 17.2 Å². The maximum Gasteiger partial charge on any atom is 0.248 e. The van der Waals surface area contributed by atoms with Gasteiger partial charge in [-0.3, -0.25) is 9.78 Å². The lowest BCUT2D eigenvalue weighted by Crippen LogP contribution is -2.24. The second kappa shape index (κ2) is 7.79. The highest BCUT2D eigenvalue weighted by molar-refractivity contribution is 5.82. The fourth-order valence-electron chi connectivity index (χ4n) is 3.26. The van der Waals surface area contributed by atoms with Gasteiger partial charge in [0.2, 0.25) is 5.56 Å². The van der Waals surface area contributed by atoms with E-state index in [1.807, 2.05) is 36.1 Å². The number of aromatic amines is 1. The number of aryl methyl sites for hydroxylation is 1. The summed E-state index contributed by atoms with van der Waals surface area (Å²) in [4.78, 5) is 24.9. The Bertz CT molecular complexity index is 1210. The van der Waals surface area contributed by atoms with Crippen LogP contribution < -0.4 is 10.5 Å². The topological polar surface area (TPSA) is 61.9 Å². The molecule has 29 heavy (non-hydrogen) atoms. The summed E-state index contributed by atoms with van der Waals surface area (Å²) in [7, 11) is 0. The summed E-state index contributed by atoms with van der Waals surface area (Å²) in [6, 6.07) is 12.0. The maximum atomic E-state index is 14.2. The largest absolute Gasteiger partial charge is 0.347 e. The average molecular weight is 392 g/mol. The number of rotatable bonds is 5. The molecule has 4 rings (SSSR count). The molecule has 0 saturated carbocycles. The second-order valence-corrected chi connectivity index (χ2v) is 6.85. The molecule has 0 aliphatic rings. The molecule has 4 aromatic rings. The monoisotopic (exact) mass is 392 g/mol. The minimum absolute atomic E-state index is 0.137. The van der Waals surface area contributed by atoms with Crippen molar-refractivity contribution in [1.82, 2.24) is 15.0 Å². The van der Waals surface area contributed by atoms with E-state index in [0.29, 0.717) is 23.3 Å². The molecule has 146 valence electrons. The third-order valence-corrected chi connectivity index (χ3v) is 4.72. The lowest BCUT2D eigenvalue weighted by atomic mass is 10.1.